The number of benzene rings is 1. The lowest BCUT2D eigenvalue weighted by molar-refractivity contribution is 0.330. The van der Waals surface area contributed by atoms with Crippen molar-refractivity contribution in [1.82, 2.24) is 9.62 Å². The molecule has 1 aliphatic heterocycles. The second-order valence-electron chi connectivity index (χ2n) is 3.51. The van der Waals surface area contributed by atoms with E-state index in [1.165, 1.54) is 4.31 Å². The zero-order chi connectivity index (χ0) is 10.7. The fourth-order valence-electron chi connectivity index (χ4n) is 1.61. The van der Waals surface area contributed by atoms with Crippen molar-refractivity contribution in [3.05, 3.63) is 30.3 Å². The summed E-state index contributed by atoms with van der Waals surface area (Å²) in [5, 5.41) is 3.06. The summed E-state index contributed by atoms with van der Waals surface area (Å²) in [4.78, 5) is 0.369. The molecule has 0 radical (unpaired) electrons. The second-order valence-corrected chi connectivity index (χ2v) is 5.44. The van der Waals surface area contributed by atoms with Crippen molar-refractivity contribution in [2.75, 3.05) is 19.8 Å². The largest absolute Gasteiger partial charge is 0.303 e. The normalized spacial score (nSPS) is 18.9. The maximum absolute atomic E-state index is 12.1. The Bertz CT molecular complexity index is 410. The van der Waals surface area contributed by atoms with Crippen molar-refractivity contribution >= 4 is 10.0 Å². The van der Waals surface area contributed by atoms with E-state index in [0.717, 1.165) is 13.0 Å². The van der Waals surface area contributed by atoms with Gasteiger partial charge in [-0.2, -0.15) is 4.31 Å². The quantitative estimate of drug-likeness (QED) is 0.804. The third-order valence-corrected chi connectivity index (χ3v) is 4.29. The van der Waals surface area contributed by atoms with Gasteiger partial charge in [-0.15, -0.1) is 0 Å². The van der Waals surface area contributed by atoms with Gasteiger partial charge in [0.1, 0.15) is 0 Å². The number of sulfonamides is 1. The van der Waals surface area contributed by atoms with Crippen LogP contribution in [0, 0.1) is 0 Å². The fraction of sp³-hybridized carbons (Fsp3) is 0.400. The number of nitrogens with zero attached hydrogens (tertiary/aromatic N) is 1. The van der Waals surface area contributed by atoms with Crippen LogP contribution in [-0.4, -0.2) is 32.5 Å². The monoisotopic (exact) mass is 226 g/mol. The predicted molar refractivity (Wildman–Crippen MR) is 57.8 cm³/mol. The van der Waals surface area contributed by atoms with Gasteiger partial charge in [0, 0.05) is 6.54 Å². The molecule has 0 saturated carbocycles. The van der Waals surface area contributed by atoms with Crippen LogP contribution in [0.3, 0.4) is 0 Å². The molecule has 5 heteroatoms. The molecule has 0 aliphatic carbocycles. The van der Waals surface area contributed by atoms with Crippen LogP contribution in [0.2, 0.25) is 0 Å². The van der Waals surface area contributed by atoms with Gasteiger partial charge >= 0.3 is 0 Å². The van der Waals surface area contributed by atoms with E-state index in [4.69, 9.17) is 0 Å². The molecule has 0 spiro atoms. The van der Waals surface area contributed by atoms with Crippen molar-refractivity contribution in [2.45, 2.75) is 11.3 Å². The van der Waals surface area contributed by atoms with Gasteiger partial charge in [-0.3, -0.25) is 0 Å². The summed E-state index contributed by atoms with van der Waals surface area (Å²) in [6.45, 7) is 1.91. The van der Waals surface area contributed by atoms with Crippen LogP contribution in [0.15, 0.2) is 35.2 Å². The second kappa shape index (κ2) is 4.30. The Morgan fingerprint density at radius 3 is 2.53 bits per heavy atom. The van der Waals surface area contributed by atoms with Gasteiger partial charge < -0.3 is 5.32 Å². The molecule has 0 atom stereocenters. The first kappa shape index (κ1) is 10.6. The van der Waals surface area contributed by atoms with Crippen LogP contribution in [0.4, 0.5) is 0 Å². The van der Waals surface area contributed by atoms with Crippen molar-refractivity contribution in [1.29, 1.82) is 0 Å². The van der Waals surface area contributed by atoms with Gasteiger partial charge in [-0.1, -0.05) is 18.2 Å². The van der Waals surface area contributed by atoms with E-state index in [1.54, 1.807) is 24.3 Å². The van der Waals surface area contributed by atoms with Crippen LogP contribution in [-0.2, 0) is 10.0 Å². The Kier molecular flexibility index (Phi) is 3.04. The molecule has 0 amide bonds. The highest BCUT2D eigenvalue weighted by atomic mass is 32.2. The van der Waals surface area contributed by atoms with E-state index in [9.17, 15) is 8.42 Å². The summed E-state index contributed by atoms with van der Waals surface area (Å²) in [5.74, 6) is 0. The van der Waals surface area contributed by atoms with Crippen LogP contribution in [0.5, 0.6) is 0 Å². The van der Waals surface area contributed by atoms with Crippen LogP contribution in [0.1, 0.15) is 6.42 Å². The smallest absolute Gasteiger partial charge is 0.244 e. The number of rotatable bonds is 2. The first-order valence-corrected chi connectivity index (χ1v) is 6.41. The molecule has 82 valence electrons. The predicted octanol–water partition coefficient (Wildman–Crippen LogP) is 0.628. The van der Waals surface area contributed by atoms with E-state index in [2.05, 4.69) is 5.32 Å². The molecular weight excluding hydrogens is 212 g/mol. The van der Waals surface area contributed by atoms with Gasteiger partial charge in [-0.25, -0.2) is 8.42 Å². The van der Waals surface area contributed by atoms with Gasteiger partial charge in [0.25, 0.3) is 0 Å². The van der Waals surface area contributed by atoms with Gasteiger partial charge in [0.15, 0.2) is 0 Å². The molecule has 1 fully saturated rings. The lowest BCUT2D eigenvalue weighted by atomic mass is 10.4. The van der Waals surface area contributed by atoms with E-state index in [0.29, 0.717) is 18.1 Å². The first-order valence-electron chi connectivity index (χ1n) is 4.97. The Morgan fingerprint density at radius 2 is 1.93 bits per heavy atom. The minimum absolute atomic E-state index is 0.369. The Balaban J connectivity index is 2.26. The van der Waals surface area contributed by atoms with Crippen molar-refractivity contribution in [3.63, 3.8) is 0 Å². The lowest BCUT2D eigenvalue weighted by Crippen LogP contribution is -2.44. The highest BCUT2D eigenvalue weighted by molar-refractivity contribution is 7.89. The third-order valence-electron chi connectivity index (χ3n) is 2.43. The molecule has 0 unspecified atom stereocenters. The highest BCUT2D eigenvalue weighted by Crippen LogP contribution is 2.15. The first-order chi connectivity index (χ1) is 7.21. The average molecular weight is 226 g/mol. The summed E-state index contributed by atoms with van der Waals surface area (Å²) in [6.07, 6.45) is 0.867. The van der Waals surface area contributed by atoms with E-state index in [-0.39, 0.29) is 0 Å². The molecule has 4 nitrogen and oxygen atoms in total. The lowest BCUT2D eigenvalue weighted by Gasteiger charge is -2.26. The zero-order valence-corrected chi connectivity index (χ0v) is 9.20. The molecule has 2 rings (SSSR count). The van der Waals surface area contributed by atoms with E-state index in [1.807, 2.05) is 6.07 Å². The van der Waals surface area contributed by atoms with Gasteiger partial charge in [0.2, 0.25) is 10.0 Å². The summed E-state index contributed by atoms with van der Waals surface area (Å²) in [6, 6.07) is 8.55. The van der Waals surface area contributed by atoms with Crippen LogP contribution >= 0.6 is 0 Å². The van der Waals surface area contributed by atoms with Crippen molar-refractivity contribution in [2.24, 2.45) is 0 Å². The molecule has 0 bridgehead atoms. The van der Waals surface area contributed by atoms with E-state index < -0.39 is 10.0 Å². The van der Waals surface area contributed by atoms with Crippen molar-refractivity contribution < 1.29 is 8.42 Å². The summed E-state index contributed by atoms with van der Waals surface area (Å²) >= 11 is 0. The van der Waals surface area contributed by atoms with Crippen molar-refractivity contribution in [3.8, 4) is 0 Å². The molecule has 15 heavy (non-hydrogen) atoms. The van der Waals surface area contributed by atoms with Gasteiger partial charge in [0.05, 0.1) is 11.6 Å². The SMILES string of the molecule is O=S(=O)(c1ccccc1)N1CCCNC1. The third kappa shape index (κ3) is 2.19. The van der Waals surface area contributed by atoms with Crippen LogP contribution in [0.25, 0.3) is 0 Å². The molecule has 1 aliphatic rings. The Hall–Kier alpha value is -0.910. The zero-order valence-electron chi connectivity index (χ0n) is 8.39. The Morgan fingerprint density at radius 1 is 1.20 bits per heavy atom. The fourth-order valence-corrected chi connectivity index (χ4v) is 3.04. The molecule has 1 aromatic rings. The molecule has 1 N–H and O–H groups in total. The maximum atomic E-state index is 12.1. The highest BCUT2D eigenvalue weighted by Gasteiger charge is 2.25. The number of hydrogen-bond acceptors (Lipinski definition) is 3. The van der Waals surface area contributed by atoms with Crippen LogP contribution < -0.4 is 5.32 Å². The molecule has 0 aromatic heterocycles. The summed E-state index contributed by atoms with van der Waals surface area (Å²) in [5.41, 5.74) is 0. The topological polar surface area (TPSA) is 49.4 Å². The van der Waals surface area contributed by atoms with E-state index >= 15 is 0 Å². The Labute approximate surface area is 90.0 Å². The molecular formula is C10H14N2O2S. The number of hydrogen-bond donors (Lipinski definition) is 1. The van der Waals surface area contributed by atoms with Gasteiger partial charge in [-0.05, 0) is 25.1 Å². The maximum Gasteiger partial charge on any atom is 0.244 e. The molecule has 1 heterocycles. The molecule has 1 saturated heterocycles. The minimum atomic E-state index is -3.29. The average Bonchev–Trinajstić information content (AvgIpc) is 2.31. The standard InChI is InChI=1S/C10H14N2O2S/c13-15(14,10-5-2-1-3-6-10)12-8-4-7-11-9-12/h1-3,5-6,11H,4,7-9H2. The number of nitrogens with one attached hydrogen (secondary N) is 1. The summed E-state index contributed by atoms with van der Waals surface area (Å²) in [7, 11) is -3.29. The summed E-state index contributed by atoms with van der Waals surface area (Å²) < 4.78 is 25.6. The minimum Gasteiger partial charge on any atom is -0.303 e. The molecule has 1 aromatic carbocycles.